The van der Waals surface area contributed by atoms with Crippen molar-refractivity contribution in [2.24, 2.45) is 5.92 Å². The fourth-order valence-electron chi connectivity index (χ4n) is 3.51. The van der Waals surface area contributed by atoms with E-state index in [-0.39, 0.29) is 25.4 Å². The van der Waals surface area contributed by atoms with Crippen molar-refractivity contribution in [2.45, 2.75) is 18.3 Å². The van der Waals surface area contributed by atoms with Gasteiger partial charge in [-0.3, -0.25) is 29.5 Å². The van der Waals surface area contributed by atoms with Gasteiger partial charge in [-0.25, -0.2) is 0 Å². The highest BCUT2D eigenvalue weighted by molar-refractivity contribution is 8.15. The second-order valence-corrected chi connectivity index (χ2v) is 8.90. The van der Waals surface area contributed by atoms with Gasteiger partial charge in [-0.1, -0.05) is 60.3 Å². The largest absolute Gasteiger partial charge is 0.485 e. The first kappa shape index (κ1) is 24.2. The summed E-state index contributed by atoms with van der Waals surface area (Å²) in [6, 6.07) is 21.1. The van der Waals surface area contributed by atoms with E-state index in [2.05, 4.69) is 10.3 Å². The molecular formula is C26H22N2O6S. The first-order chi connectivity index (χ1) is 17.0. The Bertz CT molecular complexity index is 1200. The van der Waals surface area contributed by atoms with E-state index in [9.17, 15) is 19.2 Å². The molecule has 9 heteroatoms. The number of ether oxygens (including phenoxy) is 2. The van der Waals surface area contributed by atoms with Gasteiger partial charge in [0.2, 0.25) is 11.7 Å². The number of imide groups is 1. The van der Waals surface area contributed by atoms with Crippen LogP contribution in [0.5, 0.6) is 5.75 Å². The zero-order chi connectivity index (χ0) is 24.6. The molecule has 178 valence electrons. The number of carbonyl (C=O) groups is 4. The molecule has 2 aromatic carbocycles. The lowest BCUT2D eigenvalue weighted by Gasteiger charge is -2.19. The molecule has 0 saturated carbocycles. The van der Waals surface area contributed by atoms with E-state index < -0.39 is 28.3 Å². The second kappa shape index (κ2) is 11.4. The van der Waals surface area contributed by atoms with Gasteiger partial charge in [0, 0.05) is 6.20 Å². The summed E-state index contributed by atoms with van der Waals surface area (Å²) in [5.74, 6) is -1.69. The average molecular weight is 491 g/mol. The smallest absolute Gasteiger partial charge is 0.311 e. The Morgan fingerprint density at radius 2 is 1.69 bits per heavy atom. The van der Waals surface area contributed by atoms with Crippen LogP contribution in [-0.2, 0) is 27.4 Å². The Kier molecular flexibility index (Phi) is 7.89. The monoisotopic (exact) mass is 490 g/mol. The van der Waals surface area contributed by atoms with Gasteiger partial charge in [0.15, 0.2) is 6.61 Å². The van der Waals surface area contributed by atoms with Crippen LogP contribution in [0.3, 0.4) is 0 Å². The summed E-state index contributed by atoms with van der Waals surface area (Å²) in [7, 11) is 0. The summed E-state index contributed by atoms with van der Waals surface area (Å²) in [4.78, 5) is 53.1. The number of esters is 1. The first-order valence-corrected chi connectivity index (χ1v) is 11.8. The van der Waals surface area contributed by atoms with Gasteiger partial charge in [0.05, 0.1) is 5.92 Å². The molecule has 1 fully saturated rings. The van der Waals surface area contributed by atoms with Crippen molar-refractivity contribution in [1.29, 1.82) is 0 Å². The highest BCUT2D eigenvalue weighted by Gasteiger charge is 2.42. The molecule has 0 bridgehead atoms. The second-order valence-electron chi connectivity index (χ2n) is 7.79. The molecular weight excluding hydrogens is 468 g/mol. The van der Waals surface area contributed by atoms with Gasteiger partial charge >= 0.3 is 5.97 Å². The number of thioether (sulfide) groups is 1. The third-order valence-corrected chi connectivity index (χ3v) is 6.42. The van der Waals surface area contributed by atoms with Crippen molar-refractivity contribution in [3.05, 3.63) is 95.8 Å². The Hall–Kier alpha value is -3.98. The first-order valence-electron chi connectivity index (χ1n) is 10.9. The molecule has 0 spiro atoms. The predicted octanol–water partition coefficient (Wildman–Crippen LogP) is 3.60. The molecule has 0 aliphatic carbocycles. The zero-order valence-corrected chi connectivity index (χ0v) is 19.4. The van der Waals surface area contributed by atoms with E-state index in [1.807, 2.05) is 30.3 Å². The fourth-order valence-corrected chi connectivity index (χ4v) is 4.44. The van der Waals surface area contributed by atoms with Crippen LogP contribution in [0.25, 0.3) is 0 Å². The highest BCUT2D eigenvalue weighted by Crippen LogP contribution is 2.30. The number of nitrogens with zero attached hydrogens (tertiary/aromatic N) is 1. The Balaban J connectivity index is 1.40. The van der Waals surface area contributed by atoms with E-state index >= 15 is 0 Å². The number of ketones is 1. The lowest BCUT2D eigenvalue weighted by atomic mass is 9.95. The van der Waals surface area contributed by atoms with Gasteiger partial charge in [0.1, 0.15) is 23.3 Å². The zero-order valence-electron chi connectivity index (χ0n) is 18.6. The maximum absolute atomic E-state index is 12.9. The number of carbonyl (C=O) groups excluding carboxylic acids is 4. The minimum absolute atomic E-state index is 0.0696. The van der Waals surface area contributed by atoms with E-state index in [1.54, 1.807) is 48.7 Å². The number of aromatic nitrogens is 1. The third-order valence-electron chi connectivity index (χ3n) is 5.31. The maximum Gasteiger partial charge on any atom is 0.311 e. The molecule has 3 aromatic rings. The number of amides is 2. The molecule has 2 unspecified atom stereocenters. The van der Waals surface area contributed by atoms with Crippen LogP contribution in [0.4, 0.5) is 4.79 Å². The Morgan fingerprint density at radius 1 is 0.943 bits per heavy atom. The Morgan fingerprint density at radius 3 is 2.34 bits per heavy atom. The lowest BCUT2D eigenvalue weighted by Crippen LogP contribution is -2.36. The summed E-state index contributed by atoms with van der Waals surface area (Å²) < 4.78 is 11.0. The number of hydrogen-bond acceptors (Lipinski definition) is 8. The third kappa shape index (κ3) is 6.54. The van der Waals surface area contributed by atoms with Crippen LogP contribution < -0.4 is 10.1 Å². The van der Waals surface area contributed by atoms with Crippen LogP contribution in [0.15, 0.2) is 79.0 Å². The van der Waals surface area contributed by atoms with Gasteiger partial charge < -0.3 is 9.47 Å². The molecule has 2 atom stereocenters. The summed E-state index contributed by atoms with van der Waals surface area (Å²) >= 11 is 0.795. The maximum atomic E-state index is 12.9. The van der Waals surface area contributed by atoms with Gasteiger partial charge in [-0.2, -0.15) is 0 Å². The molecule has 2 amide bonds. The topological polar surface area (TPSA) is 112 Å². The van der Waals surface area contributed by atoms with Crippen molar-refractivity contribution >= 4 is 34.7 Å². The molecule has 4 rings (SSSR count). The standard InChI is InChI=1S/C26H22N2O6S/c29-22(21-8-4-5-13-27-21)16-33-19-11-9-17(10-12-19)14-20(23-24(30)28-26(32)35-23)25(31)34-15-18-6-2-1-3-7-18/h1-13,20,23H,14-16H2,(H,28,30,32). The average Bonchev–Trinajstić information content (AvgIpc) is 3.23. The number of pyridine rings is 1. The number of hydrogen-bond donors (Lipinski definition) is 1. The van der Waals surface area contributed by atoms with Crippen LogP contribution >= 0.6 is 11.8 Å². The molecule has 35 heavy (non-hydrogen) atoms. The van der Waals surface area contributed by atoms with E-state index in [4.69, 9.17) is 9.47 Å². The van der Waals surface area contributed by atoms with Crippen molar-refractivity contribution < 1.29 is 28.7 Å². The minimum Gasteiger partial charge on any atom is -0.485 e. The lowest BCUT2D eigenvalue weighted by molar-refractivity contribution is -0.151. The van der Waals surface area contributed by atoms with Crippen LogP contribution in [0.1, 0.15) is 21.6 Å². The molecule has 2 heterocycles. The van der Waals surface area contributed by atoms with Gasteiger partial charge in [-0.15, -0.1) is 0 Å². The summed E-state index contributed by atoms with van der Waals surface area (Å²) in [5.41, 5.74) is 1.90. The van der Waals surface area contributed by atoms with Crippen LogP contribution in [0, 0.1) is 5.92 Å². The number of rotatable bonds is 10. The van der Waals surface area contributed by atoms with Gasteiger partial charge in [0.25, 0.3) is 5.24 Å². The molecule has 1 aliphatic rings. The van der Waals surface area contributed by atoms with Crippen molar-refractivity contribution in [2.75, 3.05) is 6.61 Å². The summed E-state index contributed by atoms with van der Waals surface area (Å²) in [5, 5.41) is 0.871. The number of nitrogens with one attached hydrogen (secondary N) is 1. The van der Waals surface area contributed by atoms with Gasteiger partial charge in [-0.05, 0) is 41.8 Å². The quantitative estimate of drug-likeness (QED) is 0.339. The number of benzene rings is 2. The normalized spacial score (nSPS) is 15.8. The molecule has 1 N–H and O–H groups in total. The van der Waals surface area contributed by atoms with Crippen LogP contribution in [0.2, 0.25) is 0 Å². The molecule has 1 saturated heterocycles. The SMILES string of the molecule is O=C1NC(=O)C(C(Cc2ccc(OCC(=O)c3ccccn3)cc2)C(=O)OCc2ccccc2)S1. The van der Waals surface area contributed by atoms with Crippen LogP contribution in [-0.4, -0.2) is 39.7 Å². The summed E-state index contributed by atoms with van der Waals surface area (Å²) in [6.07, 6.45) is 1.74. The predicted molar refractivity (Wildman–Crippen MR) is 129 cm³/mol. The molecule has 1 aliphatic heterocycles. The summed E-state index contributed by atoms with van der Waals surface area (Å²) in [6.45, 7) is -0.0913. The van der Waals surface area contributed by atoms with Crippen molar-refractivity contribution in [3.63, 3.8) is 0 Å². The fraction of sp³-hybridized carbons (Fsp3) is 0.192. The van der Waals surface area contributed by atoms with E-state index in [0.29, 0.717) is 11.4 Å². The Labute approximate surface area is 206 Å². The van der Waals surface area contributed by atoms with E-state index in [1.165, 1.54) is 0 Å². The molecule has 1 aromatic heterocycles. The van der Waals surface area contributed by atoms with Crippen molar-refractivity contribution in [1.82, 2.24) is 10.3 Å². The number of Topliss-reactive ketones (excluding diaryl/α,β-unsaturated/α-hetero) is 1. The molecule has 0 radical (unpaired) electrons. The van der Waals surface area contributed by atoms with Crippen molar-refractivity contribution in [3.8, 4) is 5.75 Å². The van der Waals surface area contributed by atoms with E-state index in [0.717, 1.165) is 22.9 Å². The minimum atomic E-state index is -0.877. The molecule has 8 nitrogen and oxygen atoms in total. The highest BCUT2D eigenvalue weighted by atomic mass is 32.2.